The first-order valence-corrected chi connectivity index (χ1v) is 12.9. The molecule has 0 aliphatic carbocycles. The van der Waals surface area contributed by atoms with Crippen molar-refractivity contribution in [2.75, 3.05) is 4.90 Å². The largest absolute Gasteiger partial charge is 0.467 e. The number of para-hydroxylation sites is 1. The van der Waals surface area contributed by atoms with Crippen LogP contribution in [0.3, 0.4) is 0 Å². The van der Waals surface area contributed by atoms with Gasteiger partial charge in [-0.1, -0.05) is 59.6 Å². The van der Waals surface area contributed by atoms with Gasteiger partial charge in [0.2, 0.25) is 5.76 Å². The van der Waals surface area contributed by atoms with Gasteiger partial charge in [-0.15, -0.1) is 0 Å². The van der Waals surface area contributed by atoms with Gasteiger partial charge in [-0.3, -0.25) is 14.4 Å². The highest BCUT2D eigenvalue weighted by Crippen LogP contribution is 2.53. The van der Waals surface area contributed by atoms with Gasteiger partial charge in [0.15, 0.2) is 11.0 Å². The highest BCUT2D eigenvalue weighted by atomic mass is 35.5. The average molecular weight is 537 g/mol. The maximum atomic E-state index is 14.8. The summed E-state index contributed by atoms with van der Waals surface area (Å²) in [6, 6.07) is 23.3. The molecular weight excluding hydrogens is 516 g/mol. The molecule has 0 fully saturated rings. The number of rotatable bonds is 4. The summed E-state index contributed by atoms with van der Waals surface area (Å²) in [4.78, 5) is 46.0. The van der Waals surface area contributed by atoms with Crippen molar-refractivity contribution in [3.63, 3.8) is 0 Å². The van der Waals surface area contributed by atoms with E-state index in [4.69, 9.17) is 20.4 Å². The van der Waals surface area contributed by atoms with E-state index in [1.54, 1.807) is 41.3 Å². The van der Waals surface area contributed by atoms with E-state index in [-0.39, 0.29) is 35.4 Å². The third kappa shape index (κ3) is 3.26. The van der Waals surface area contributed by atoms with Crippen molar-refractivity contribution < 1.29 is 18.4 Å². The Kier molecular flexibility index (Phi) is 5.09. The Morgan fingerprint density at radius 3 is 2.46 bits per heavy atom. The van der Waals surface area contributed by atoms with Crippen LogP contribution in [0, 0.1) is 6.92 Å². The zero-order valence-electron chi connectivity index (χ0n) is 20.8. The van der Waals surface area contributed by atoms with E-state index >= 15 is 0 Å². The first-order chi connectivity index (χ1) is 18.9. The number of amides is 2. The van der Waals surface area contributed by atoms with E-state index < -0.39 is 22.8 Å². The summed E-state index contributed by atoms with van der Waals surface area (Å²) in [5, 5.41) is 0.551. The predicted octanol–water partition coefficient (Wildman–Crippen LogP) is 5.79. The van der Waals surface area contributed by atoms with Crippen LogP contribution in [-0.2, 0) is 23.4 Å². The molecule has 2 aliphatic heterocycles. The quantitative estimate of drug-likeness (QED) is 0.290. The molecule has 0 saturated heterocycles. The third-order valence-corrected chi connectivity index (χ3v) is 7.79. The Labute approximate surface area is 227 Å². The van der Waals surface area contributed by atoms with Crippen LogP contribution in [0.1, 0.15) is 38.6 Å². The molecule has 1 unspecified atom stereocenters. The lowest BCUT2D eigenvalue weighted by atomic mass is 9.84. The minimum Gasteiger partial charge on any atom is -0.467 e. The van der Waals surface area contributed by atoms with Gasteiger partial charge in [0, 0.05) is 10.6 Å². The molecule has 3 aromatic carbocycles. The topological polar surface area (TPSA) is 84.0 Å². The van der Waals surface area contributed by atoms with Gasteiger partial charge in [0.1, 0.15) is 11.3 Å². The molecule has 0 N–H and O–H groups in total. The van der Waals surface area contributed by atoms with E-state index in [9.17, 15) is 14.4 Å². The monoisotopic (exact) mass is 536 g/mol. The number of halogens is 1. The molecule has 4 heterocycles. The Morgan fingerprint density at radius 2 is 1.69 bits per heavy atom. The van der Waals surface area contributed by atoms with Crippen molar-refractivity contribution in [3.8, 4) is 0 Å². The highest BCUT2D eigenvalue weighted by molar-refractivity contribution is 6.31. The summed E-state index contributed by atoms with van der Waals surface area (Å²) in [6.07, 6.45) is 1.50. The normalized spacial score (nSPS) is 17.9. The second-order valence-electron chi connectivity index (χ2n) is 9.85. The lowest BCUT2D eigenvalue weighted by molar-refractivity contribution is -0.126. The van der Waals surface area contributed by atoms with Crippen LogP contribution < -0.4 is 10.3 Å². The van der Waals surface area contributed by atoms with Gasteiger partial charge in [-0.25, -0.2) is 0 Å². The fourth-order valence-electron chi connectivity index (χ4n) is 5.78. The number of carbonyl (C=O) groups excluding carboxylic acids is 2. The number of aryl methyl sites for hydroxylation is 1. The van der Waals surface area contributed by atoms with Crippen LogP contribution in [0.25, 0.3) is 11.0 Å². The minimum atomic E-state index is -1.74. The standard InChI is InChI=1S/C31H21ClN2O5/c1-18-8-10-19(11-9-18)16-33-24-7-3-2-6-23(24)31(30(33)37)26-27(35)22-15-20(32)12-13-25(22)39-28(26)29(36)34(31)17-21-5-4-14-38-21/h2-15H,16-17H2,1H3. The van der Waals surface area contributed by atoms with Crippen LogP contribution in [0.5, 0.6) is 0 Å². The Balaban J connectivity index is 1.52. The molecule has 2 aliphatic rings. The first-order valence-electron chi connectivity index (χ1n) is 12.5. The molecule has 7 rings (SSSR count). The van der Waals surface area contributed by atoms with Crippen LogP contribution in [0.2, 0.25) is 5.02 Å². The second kappa shape index (κ2) is 8.44. The first kappa shape index (κ1) is 23.5. The summed E-state index contributed by atoms with van der Waals surface area (Å²) in [7, 11) is 0. The molecule has 0 bridgehead atoms. The van der Waals surface area contributed by atoms with Gasteiger partial charge in [0.25, 0.3) is 11.8 Å². The molecule has 192 valence electrons. The number of nitrogens with zero attached hydrogens (tertiary/aromatic N) is 2. The van der Waals surface area contributed by atoms with Crippen molar-refractivity contribution in [1.82, 2.24) is 4.90 Å². The summed E-state index contributed by atoms with van der Waals surface area (Å²) in [5.74, 6) is -0.646. The van der Waals surface area contributed by atoms with E-state index in [1.807, 2.05) is 43.3 Å². The smallest absolute Gasteiger partial charge is 0.291 e. The summed E-state index contributed by atoms with van der Waals surface area (Å²) >= 11 is 6.23. The number of anilines is 1. The number of benzene rings is 3. The van der Waals surface area contributed by atoms with E-state index in [0.29, 0.717) is 22.0 Å². The van der Waals surface area contributed by atoms with E-state index in [0.717, 1.165) is 11.1 Å². The third-order valence-electron chi connectivity index (χ3n) is 7.55. The number of carbonyl (C=O) groups is 2. The van der Waals surface area contributed by atoms with Gasteiger partial charge >= 0.3 is 0 Å². The van der Waals surface area contributed by atoms with Gasteiger partial charge < -0.3 is 18.6 Å². The van der Waals surface area contributed by atoms with Gasteiger partial charge in [0.05, 0.1) is 36.0 Å². The fraction of sp³-hybridized carbons (Fsp3) is 0.129. The van der Waals surface area contributed by atoms with Crippen molar-refractivity contribution in [3.05, 3.63) is 134 Å². The van der Waals surface area contributed by atoms with E-state index in [1.165, 1.54) is 17.2 Å². The zero-order chi connectivity index (χ0) is 26.9. The number of hydrogen-bond acceptors (Lipinski definition) is 5. The maximum absolute atomic E-state index is 14.8. The minimum absolute atomic E-state index is 0.00215. The molecule has 7 nitrogen and oxygen atoms in total. The Bertz CT molecular complexity index is 1860. The highest BCUT2D eigenvalue weighted by Gasteiger charge is 2.65. The second-order valence-corrected chi connectivity index (χ2v) is 10.3. The molecule has 2 aromatic heterocycles. The summed E-state index contributed by atoms with van der Waals surface area (Å²) in [6.45, 7) is 2.23. The van der Waals surface area contributed by atoms with Crippen LogP contribution >= 0.6 is 11.6 Å². The Hall–Kier alpha value is -4.62. The van der Waals surface area contributed by atoms with Crippen molar-refractivity contribution in [2.24, 2.45) is 0 Å². The lowest BCUT2D eigenvalue weighted by Crippen LogP contribution is -2.52. The zero-order valence-corrected chi connectivity index (χ0v) is 21.6. The molecule has 39 heavy (non-hydrogen) atoms. The summed E-state index contributed by atoms with van der Waals surface area (Å²) in [5.41, 5.74) is 1.20. The van der Waals surface area contributed by atoms with Crippen molar-refractivity contribution in [1.29, 1.82) is 0 Å². The van der Waals surface area contributed by atoms with Crippen molar-refractivity contribution >= 4 is 40.1 Å². The Morgan fingerprint density at radius 1 is 0.897 bits per heavy atom. The average Bonchev–Trinajstić information content (AvgIpc) is 3.60. The molecule has 0 saturated carbocycles. The number of furan rings is 1. The number of fused-ring (bicyclic) bond motifs is 5. The molecule has 2 amide bonds. The predicted molar refractivity (Wildman–Crippen MR) is 146 cm³/mol. The number of hydrogen-bond donors (Lipinski definition) is 0. The molecule has 0 radical (unpaired) electrons. The fourth-order valence-corrected chi connectivity index (χ4v) is 5.95. The molecular formula is C31H21ClN2O5. The molecule has 1 spiro atoms. The van der Waals surface area contributed by atoms with Crippen LogP contribution in [-0.4, -0.2) is 16.7 Å². The molecule has 5 aromatic rings. The molecule has 1 atom stereocenters. The van der Waals surface area contributed by atoms with Gasteiger partial charge in [-0.2, -0.15) is 0 Å². The van der Waals surface area contributed by atoms with Gasteiger partial charge in [-0.05, 0) is 48.9 Å². The summed E-state index contributed by atoms with van der Waals surface area (Å²) < 4.78 is 11.6. The van der Waals surface area contributed by atoms with Crippen LogP contribution in [0.4, 0.5) is 5.69 Å². The van der Waals surface area contributed by atoms with Crippen LogP contribution in [0.15, 0.2) is 98.8 Å². The molecule has 8 heteroatoms. The lowest BCUT2D eigenvalue weighted by Gasteiger charge is -2.33. The maximum Gasteiger partial charge on any atom is 0.291 e. The van der Waals surface area contributed by atoms with E-state index in [2.05, 4.69) is 0 Å². The van der Waals surface area contributed by atoms with Crippen molar-refractivity contribution in [2.45, 2.75) is 25.6 Å². The SMILES string of the molecule is Cc1ccc(CN2C(=O)C3(c4ccccc42)c2c(oc4ccc(Cl)cc4c2=O)C(=O)N3Cc2ccco2)cc1.